The van der Waals surface area contributed by atoms with Gasteiger partial charge in [0, 0.05) is 49.4 Å². The summed E-state index contributed by atoms with van der Waals surface area (Å²) in [7, 11) is 0. The SMILES string of the molecule is CC[C@H](C)[C@H](NC(C)=O)C(=O)N[C@H]1CCc2ccn3c2C1C(=O)C[C@H](C(=O)NCc1nccs1)C3. The van der Waals surface area contributed by atoms with E-state index < -0.39 is 17.9 Å². The van der Waals surface area contributed by atoms with E-state index in [1.54, 1.807) is 6.20 Å². The first-order valence-corrected chi connectivity index (χ1v) is 13.1. The standard InChI is InChI=1S/C25H33N5O4S/c1-4-14(2)22(28-15(3)31)25(34)29-18-6-5-16-7-9-30-13-17(11-19(32)21(18)23(16)30)24(33)27-12-20-26-8-10-35-20/h7-10,14,17-18,21-22H,4-6,11-13H2,1-3H3,(H,27,33)(H,28,31)(H,29,34)/t14-,17-,18-,21?,22-/m0/s1. The number of amides is 3. The van der Waals surface area contributed by atoms with Crippen LogP contribution >= 0.6 is 11.3 Å². The van der Waals surface area contributed by atoms with Gasteiger partial charge in [0.1, 0.15) is 16.8 Å². The van der Waals surface area contributed by atoms with Crippen molar-refractivity contribution in [1.82, 2.24) is 25.5 Å². The molecule has 35 heavy (non-hydrogen) atoms. The average Bonchev–Trinajstić information content (AvgIpc) is 3.46. The van der Waals surface area contributed by atoms with Crippen LogP contribution in [0.3, 0.4) is 0 Å². The topological polar surface area (TPSA) is 122 Å². The van der Waals surface area contributed by atoms with Crippen molar-refractivity contribution in [3.63, 3.8) is 0 Å². The highest BCUT2D eigenvalue weighted by atomic mass is 32.1. The number of aromatic nitrogens is 2. The third-order valence-corrected chi connectivity index (χ3v) is 7.96. The van der Waals surface area contributed by atoms with Gasteiger partial charge < -0.3 is 20.5 Å². The third kappa shape index (κ3) is 5.47. The number of ketones is 1. The first kappa shape index (κ1) is 25.1. The van der Waals surface area contributed by atoms with E-state index >= 15 is 0 Å². The molecule has 0 aromatic carbocycles. The van der Waals surface area contributed by atoms with Gasteiger partial charge in [-0.15, -0.1) is 11.3 Å². The summed E-state index contributed by atoms with van der Waals surface area (Å²) in [5.74, 6) is -1.78. The van der Waals surface area contributed by atoms with E-state index in [2.05, 4.69) is 20.9 Å². The summed E-state index contributed by atoms with van der Waals surface area (Å²) in [6.45, 7) is 6.06. The van der Waals surface area contributed by atoms with Crippen LogP contribution in [0.15, 0.2) is 23.8 Å². The molecule has 2 aromatic rings. The van der Waals surface area contributed by atoms with Crippen LogP contribution in [0.4, 0.5) is 0 Å². The number of rotatable bonds is 8. The lowest BCUT2D eigenvalue weighted by Gasteiger charge is -2.34. The van der Waals surface area contributed by atoms with Crippen molar-refractivity contribution < 1.29 is 19.2 Å². The van der Waals surface area contributed by atoms with Crippen molar-refractivity contribution in [2.75, 3.05) is 0 Å². The number of hydrogen-bond donors (Lipinski definition) is 3. The molecule has 3 amide bonds. The lowest BCUT2D eigenvalue weighted by atomic mass is 9.79. The lowest BCUT2D eigenvalue weighted by molar-refractivity contribution is -0.132. The van der Waals surface area contributed by atoms with Crippen LogP contribution in [0.25, 0.3) is 0 Å². The summed E-state index contributed by atoms with van der Waals surface area (Å²) in [4.78, 5) is 55.6. The number of Topliss-reactive ketones (excluding diaryl/α,β-unsaturated/α-hetero) is 1. The van der Waals surface area contributed by atoms with Gasteiger partial charge in [0.25, 0.3) is 0 Å². The van der Waals surface area contributed by atoms with E-state index in [1.807, 2.05) is 36.1 Å². The molecule has 0 fully saturated rings. The van der Waals surface area contributed by atoms with Crippen molar-refractivity contribution in [1.29, 1.82) is 0 Å². The normalized spacial score (nSPS) is 22.9. The Morgan fingerprint density at radius 3 is 2.80 bits per heavy atom. The molecular weight excluding hydrogens is 466 g/mol. The molecule has 188 valence electrons. The Balaban J connectivity index is 1.52. The zero-order chi connectivity index (χ0) is 25.1. The van der Waals surface area contributed by atoms with Gasteiger partial charge in [-0.25, -0.2) is 4.98 Å². The van der Waals surface area contributed by atoms with Crippen molar-refractivity contribution in [3.8, 4) is 0 Å². The van der Waals surface area contributed by atoms with Crippen molar-refractivity contribution in [2.45, 2.75) is 77.5 Å². The summed E-state index contributed by atoms with van der Waals surface area (Å²) >= 11 is 1.47. The van der Waals surface area contributed by atoms with Crippen LogP contribution in [0, 0.1) is 11.8 Å². The molecule has 0 saturated carbocycles. The van der Waals surface area contributed by atoms with E-state index in [1.165, 1.54) is 18.3 Å². The number of aryl methyl sites for hydroxylation is 1. The Morgan fingerprint density at radius 1 is 1.31 bits per heavy atom. The highest BCUT2D eigenvalue weighted by Gasteiger charge is 2.42. The summed E-state index contributed by atoms with van der Waals surface area (Å²) in [6.07, 6.45) is 5.86. The van der Waals surface area contributed by atoms with Gasteiger partial charge in [-0.1, -0.05) is 20.3 Å². The number of carbonyl (C=O) groups excluding carboxylic acids is 4. The molecule has 5 atom stereocenters. The fraction of sp³-hybridized carbons (Fsp3) is 0.560. The van der Waals surface area contributed by atoms with E-state index in [4.69, 9.17) is 0 Å². The molecule has 3 heterocycles. The number of carbonyl (C=O) groups is 4. The quantitative estimate of drug-likeness (QED) is 0.512. The van der Waals surface area contributed by atoms with Crippen LogP contribution in [-0.2, 0) is 38.7 Å². The molecule has 0 bridgehead atoms. The van der Waals surface area contributed by atoms with Crippen LogP contribution in [0.1, 0.15) is 62.2 Å². The average molecular weight is 500 g/mol. The molecule has 2 aliphatic rings. The van der Waals surface area contributed by atoms with Crippen LogP contribution in [0.2, 0.25) is 0 Å². The minimum Gasteiger partial charge on any atom is -0.350 e. The van der Waals surface area contributed by atoms with Gasteiger partial charge in [0.05, 0.1) is 18.4 Å². The fourth-order valence-corrected chi connectivity index (χ4v) is 5.72. The third-order valence-electron chi connectivity index (χ3n) is 7.18. The Kier molecular flexibility index (Phi) is 7.69. The largest absolute Gasteiger partial charge is 0.350 e. The van der Waals surface area contributed by atoms with Gasteiger partial charge in [-0.2, -0.15) is 0 Å². The molecule has 0 spiro atoms. The summed E-state index contributed by atoms with van der Waals surface area (Å²) in [5, 5.41) is 11.4. The smallest absolute Gasteiger partial charge is 0.243 e. The molecule has 1 aliphatic carbocycles. The van der Waals surface area contributed by atoms with Gasteiger partial charge >= 0.3 is 0 Å². The van der Waals surface area contributed by atoms with E-state index in [9.17, 15) is 19.2 Å². The van der Waals surface area contributed by atoms with Crippen LogP contribution in [0.5, 0.6) is 0 Å². The number of nitrogens with zero attached hydrogens (tertiary/aromatic N) is 2. The molecule has 0 radical (unpaired) electrons. The molecule has 4 rings (SSSR count). The van der Waals surface area contributed by atoms with Gasteiger partial charge in [0.15, 0.2) is 0 Å². The maximum absolute atomic E-state index is 13.5. The minimum atomic E-state index is -0.657. The van der Waals surface area contributed by atoms with Gasteiger partial charge in [-0.05, 0) is 30.4 Å². The van der Waals surface area contributed by atoms with Gasteiger partial charge in [-0.3, -0.25) is 19.2 Å². The number of nitrogens with one attached hydrogen (secondary N) is 3. The van der Waals surface area contributed by atoms with Crippen molar-refractivity contribution in [3.05, 3.63) is 40.1 Å². The Hall–Kier alpha value is -3.01. The molecule has 1 aliphatic heterocycles. The fourth-order valence-electron chi connectivity index (χ4n) is 5.17. The number of thiazole rings is 1. The molecule has 1 unspecified atom stereocenters. The summed E-state index contributed by atoms with van der Waals surface area (Å²) in [5.41, 5.74) is 2.00. The molecule has 10 heteroatoms. The Labute approximate surface area is 209 Å². The maximum atomic E-state index is 13.5. The number of hydrogen-bond acceptors (Lipinski definition) is 6. The lowest BCUT2D eigenvalue weighted by Crippen LogP contribution is -2.54. The Morgan fingerprint density at radius 2 is 2.11 bits per heavy atom. The monoisotopic (exact) mass is 499 g/mol. The molecule has 2 aromatic heterocycles. The minimum absolute atomic E-state index is 0.0392. The predicted octanol–water partition coefficient (Wildman–Crippen LogP) is 1.92. The van der Waals surface area contributed by atoms with Crippen molar-refractivity contribution >= 4 is 34.8 Å². The van der Waals surface area contributed by atoms with E-state index in [-0.39, 0.29) is 41.9 Å². The second kappa shape index (κ2) is 10.7. The first-order valence-electron chi connectivity index (χ1n) is 12.2. The zero-order valence-corrected chi connectivity index (χ0v) is 21.2. The van der Waals surface area contributed by atoms with Gasteiger partial charge in [0.2, 0.25) is 17.7 Å². The molecule has 0 saturated heterocycles. The van der Waals surface area contributed by atoms with Crippen LogP contribution < -0.4 is 16.0 Å². The summed E-state index contributed by atoms with van der Waals surface area (Å²) < 4.78 is 2.01. The first-order chi connectivity index (χ1) is 16.8. The highest BCUT2D eigenvalue weighted by molar-refractivity contribution is 7.09. The second-order valence-electron chi connectivity index (χ2n) is 9.58. The van der Waals surface area contributed by atoms with Crippen LogP contribution in [-0.4, -0.2) is 45.1 Å². The van der Waals surface area contributed by atoms with E-state index in [0.29, 0.717) is 19.5 Å². The van der Waals surface area contributed by atoms with Crippen molar-refractivity contribution in [2.24, 2.45) is 11.8 Å². The molecular formula is C25H33N5O4S. The molecule has 9 nitrogen and oxygen atoms in total. The highest BCUT2D eigenvalue weighted by Crippen LogP contribution is 2.38. The second-order valence-corrected chi connectivity index (χ2v) is 10.6. The Bertz CT molecular complexity index is 1100. The maximum Gasteiger partial charge on any atom is 0.243 e. The van der Waals surface area contributed by atoms with E-state index in [0.717, 1.165) is 29.1 Å². The zero-order valence-electron chi connectivity index (χ0n) is 20.4. The molecule has 3 N–H and O–H groups in total. The summed E-state index contributed by atoms with van der Waals surface area (Å²) in [6, 6.07) is 0.979. The predicted molar refractivity (Wildman–Crippen MR) is 132 cm³/mol.